The number of hydrogen-bond donors (Lipinski definition) is 2. The van der Waals surface area contributed by atoms with Crippen molar-refractivity contribution in [1.82, 2.24) is 14.5 Å². The van der Waals surface area contributed by atoms with E-state index in [0.717, 1.165) is 17.7 Å². The molecular formula is C25H30N4O5S. The molecule has 0 radical (unpaired) electrons. The van der Waals surface area contributed by atoms with Gasteiger partial charge < -0.3 is 10.6 Å². The molecule has 0 aromatic heterocycles. The fourth-order valence-corrected chi connectivity index (χ4v) is 6.28. The van der Waals surface area contributed by atoms with Gasteiger partial charge in [-0.15, -0.1) is 0 Å². The summed E-state index contributed by atoms with van der Waals surface area (Å²) in [5, 5.41) is 5.44. The lowest BCUT2D eigenvalue weighted by molar-refractivity contribution is -0.134. The third-order valence-corrected chi connectivity index (χ3v) is 8.17. The highest BCUT2D eigenvalue weighted by Gasteiger charge is 2.52. The molecule has 2 aliphatic heterocycles. The first-order valence-corrected chi connectivity index (χ1v) is 13.2. The molecule has 0 saturated carbocycles. The van der Waals surface area contributed by atoms with Gasteiger partial charge in [0.2, 0.25) is 15.9 Å². The smallest absolute Gasteiger partial charge is 0.324 e. The molecule has 10 heteroatoms. The highest BCUT2D eigenvalue weighted by atomic mass is 32.2. The summed E-state index contributed by atoms with van der Waals surface area (Å²) in [5.41, 5.74) is -0.301. The minimum absolute atomic E-state index is 0.0900. The zero-order chi connectivity index (χ0) is 25.2. The van der Waals surface area contributed by atoms with Crippen LogP contribution in [0.3, 0.4) is 0 Å². The normalized spacial score (nSPS) is 20.9. The summed E-state index contributed by atoms with van der Waals surface area (Å²) in [6.07, 6.45) is 2.03. The summed E-state index contributed by atoms with van der Waals surface area (Å²) in [6, 6.07) is 14.4. The molecule has 1 unspecified atom stereocenters. The Morgan fingerprint density at radius 1 is 1.06 bits per heavy atom. The molecule has 4 amide bonds. The van der Waals surface area contributed by atoms with Crippen LogP contribution in [0.25, 0.3) is 0 Å². The highest BCUT2D eigenvalue weighted by molar-refractivity contribution is 7.89. The number of amides is 4. The topological polar surface area (TPSA) is 116 Å². The zero-order valence-electron chi connectivity index (χ0n) is 19.9. The van der Waals surface area contributed by atoms with Crippen molar-refractivity contribution in [1.29, 1.82) is 0 Å². The zero-order valence-corrected chi connectivity index (χ0v) is 20.7. The Balaban J connectivity index is 1.51. The Kier molecular flexibility index (Phi) is 6.95. The molecule has 2 heterocycles. The Morgan fingerprint density at radius 2 is 1.74 bits per heavy atom. The van der Waals surface area contributed by atoms with E-state index >= 15 is 0 Å². The van der Waals surface area contributed by atoms with Crippen LogP contribution in [0, 0.1) is 5.92 Å². The molecule has 4 rings (SSSR count). The summed E-state index contributed by atoms with van der Waals surface area (Å²) >= 11 is 0. The van der Waals surface area contributed by atoms with Crippen LogP contribution in [0.2, 0.25) is 0 Å². The predicted molar refractivity (Wildman–Crippen MR) is 131 cm³/mol. The van der Waals surface area contributed by atoms with Gasteiger partial charge in [0, 0.05) is 18.8 Å². The van der Waals surface area contributed by atoms with Gasteiger partial charge in [-0.2, -0.15) is 4.31 Å². The van der Waals surface area contributed by atoms with Crippen molar-refractivity contribution in [3.8, 4) is 0 Å². The second-order valence-electron chi connectivity index (χ2n) is 9.38. The fourth-order valence-electron chi connectivity index (χ4n) is 4.71. The molecule has 0 spiro atoms. The van der Waals surface area contributed by atoms with Crippen LogP contribution >= 0.6 is 0 Å². The number of carbonyl (C=O) groups is 3. The Labute approximate surface area is 205 Å². The predicted octanol–water partition coefficient (Wildman–Crippen LogP) is 2.90. The summed E-state index contributed by atoms with van der Waals surface area (Å²) in [5.74, 6) is -0.978. The molecule has 9 nitrogen and oxygen atoms in total. The maximum Gasteiger partial charge on any atom is 0.325 e. The summed E-state index contributed by atoms with van der Waals surface area (Å²) in [6.45, 7) is 4.39. The quantitative estimate of drug-likeness (QED) is 0.543. The lowest BCUT2D eigenvalue weighted by Crippen LogP contribution is -2.45. The largest absolute Gasteiger partial charge is 0.325 e. The van der Waals surface area contributed by atoms with Crippen LogP contribution in [0.5, 0.6) is 0 Å². The lowest BCUT2D eigenvalue weighted by Gasteiger charge is -2.29. The van der Waals surface area contributed by atoms with E-state index in [1.165, 1.54) is 16.4 Å². The number of urea groups is 1. The van der Waals surface area contributed by atoms with Gasteiger partial charge in [-0.1, -0.05) is 50.2 Å². The first-order valence-electron chi connectivity index (χ1n) is 11.7. The molecule has 0 aliphatic carbocycles. The minimum Gasteiger partial charge on any atom is -0.324 e. The van der Waals surface area contributed by atoms with Gasteiger partial charge in [0.25, 0.3) is 5.91 Å². The molecule has 2 saturated heterocycles. The van der Waals surface area contributed by atoms with Crippen molar-refractivity contribution in [2.24, 2.45) is 5.92 Å². The van der Waals surface area contributed by atoms with Crippen LogP contribution in [-0.4, -0.2) is 55.1 Å². The van der Waals surface area contributed by atoms with Crippen molar-refractivity contribution in [3.63, 3.8) is 0 Å². The van der Waals surface area contributed by atoms with Gasteiger partial charge in [-0.3, -0.25) is 14.5 Å². The first-order chi connectivity index (χ1) is 16.6. The van der Waals surface area contributed by atoms with Crippen LogP contribution in [0.4, 0.5) is 10.5 Å². The number of benzene rings is 2. The Bertz CT molecular complexity index is 1230. The van der Waals surface area contributed by atoms with Crippen molar-refractivity contribution in [3.05, 3.63) is 60.2 Å². The van der Waals surface area contributed by atoms with E-state index in [1.54, 1.807) is 36.4 Å². The second kappa shape index (κ2) is 9.79. The molecule has 35 heavy (non-hydrogen) atoms. The Hall–Kier alpha value is -3.24. The molecule has 1 atom stereocenters. The number of anilines is 1. The molecule has 2 aromatic carbocycles. The maximum atomic E-state index is 13.5. The number of nitrogens with one attached hydrogen (secondary N) is 2. The average molecular weight is 499 g/mol. The number of carbonyl (C=O) groups excluding carboxylic acids is 3. The van der Waals surface area contributed by atoms with Gasteiger partial charge in [-0.25, -0.2) is 13.2 Å². The number of rotatable bonds is 8. The standard InChI is InChI=1S/C25H30N4O5S/c1-18(2)16-25(19-9-4-3-5-10-19)23(31)29(24(32)27-25)17-22(30)26-20-11-8-12-21(15-20)35(33,34)28-13-6-7-14-28/h3-5,8-12,15,18H,6-7,13-14,16-17H2,1-2H3,(H,26,30)(H,27,32). The third kappa shape index (κ3) is 4.94. The number of sulfonamides is 1. The van der Waals surface area contributed by atoms with Gasteiger partial charge in [0.1, 0.15) is 12.1 Å². The van der Waals surface area contributed by atoms with Gasteiger partial charge in [0.05, 0.1) is 4.90 Å². The van der Waals surface area contributed by atoms with E-state index in [2.05, 4.69) is 10.6 Å². The second-order valence-corrected chi connectivity index (χ2v) is 11.3. The van der Waals surface area contributed by atoms with Gasteiger partial charge in [0.15, 0.2) is 0 Å². The van der Waals surface area contributed by atoms with Gasteiger partial charge >= 0.3 is 6.03 Å². The third-order valence-electron chi connectivity index (χ3n) is 6.28. The monoisotopic (exact) mass is 498 g/mol. The minimum atomic E-state index is -3.64. The number of nitrogens with zero attached hydrogens (tertiary/aromatic N) is 2. The molecule has 0 bridgehead atoms. The molecule has 2 fully saturated rings. The van der Waals surface area contributed by atoms with Crippen LogP contribution in [0.1, 0.15) is 38.7 Å². The van der Waals surface area contributed by atoms with Crippen molar-refractivity contribution < 1.29 is 22.8 Å². The SMILES string of the molecule is CC(C)CC1(c2ccccc2)NC(=O)N(CC(=O)Nc2cccc(S(=O)(=O)N3CCCC3)c2)C1=O. The van der Waals surface area contributed by atoms with E-state index in [4.69, 9.17) is 0 Å². The van der Waals surface area contributed by atoms with E-state index in [0.29, 0.717) is 25.1 Å². The number of hydrogen-bond acceptors (Lipinski definition) is 5. The van der Waals surface area contributed by atoms with E-state index < -0.39 is 40.0 Å². The van der Waals surface area contributed by atoms with Gasteiger partial charge in [-0.05, 0) is 48.9 Å². The fraction of sp³-hybridized carbons (Fsp3) is 0.400. The molecular weight excluding hydrogens is 468 g/mol. The lowest BCUT2D eigenvalue weighted by atomic mass is 9.82. The van der Waals surface area contributed by atoms with Crippen LogP contribution in [-0.2, 0) is 25.2 Å². The van der Waals surface area contributed by atoms with Crippen molar-refractivity contribution >= 4 is 33.6 Å². The van der Waals surface area contributed by atoms with Crippen molar-refractivity contribution in [2.45, 2.75) is 43.5 Å². The number of imide groups is 1. The highest BCUT2D eigenvalue weighted by Crippen LogP contribution is 2.35. The van der Waals surface area contributed by atoms with E-state index in [9.17, 15) is 22.8 Å². The van der Waals surface area contributed by atoms with Crippen LogP contribution in [0.15, 0.2) is 59.5 Å². The van der Waals surface area contributed by atoms with Crippen molar-refractivity contribution in [2.75, 3.05) is 25.0 Å². The average Bonchev–Trinajstić information content (AvgIpc) is 3.44. The van der Waals surface area contributed by atoms with Crippen LogP contribution < -0.4 is 10.6 Å². The molecule has 2 aromatic rings. The van der Waals surface area contributed by atoms with E-state index in [-0.39, 0.29) is 16.5 Å². The molecule has 2 N–H and O–H groups in total. The Morgan fingerprint density at radius 3 is 2.40 bits per heavy atom. The first kappa shape index (κ1) is 24.9. The summed E-state index contributed by atoms with van der Waals surface area (Å²) < 4.78 is 27.1. The van der Waals surface area contributed by atoms with E-state index in [1.807, 2.05) is 19.9 Å². The molecule has 2 aliphatic rings. The maximum absolute atomic E-state index is 13.5. The summed E-state index contributed by atoms with van der Waals surface area (Å²) in [4.78, 5) is 40.1. The summed E-state index contributed by atoms with van der Waals surface area (Å²) in [7, 11) is -3.64. The molecule has 186 valence electrons.